The highest BCUT2D eigenvalue weighted by atomic mass is 19.1. The first-order chi connectivity index (χ1) is 11.5. The van der Waals surface area contributed by atoms with E-state index in [1.54, 1.807) is 7.11 Å². The molecule has 1 N–H and O–H groups in total. The van der Waals surface area contributed by atoms with Crippen LogP contribution in [0.15, 0.2) is 48.5 Å². The molecule has 0 bridgehead atoms. The van der Waals surface area contributed by atoms with E-state index in [1.165, 1.54) is 24.3 Å². The fraction of sp³-hybridized carbons (Fsp3) is 0.316. The van der Waals surface area contributed by atoms with Crippen LogP contribution in [0.1, 0.15) is 31.9 Å². The van der Waals surface area contributed by atoms with Crippen molar-refractivity contribution in [1.29, 1.82) is 0 Å². The normalized spacial score (nSPS) is 13.0. The molecule has 24 heavy (non-hydrogen) atoms. The second-order valence-electron chi connectivity index (χ2n) is 5.44. The molecule has 0 unspecified atom stereocenters. The lowest BCUT2D eigenvalue weighted by atomic mass is 10.1. The predicted molar refractivity (Wildman–Crippen MR) is 90.7 cm³/mol. The molecule has 0 spiro atoms. The Kier molecular flexibility index (Phi) is 6.18. The Morgan fingerprint density at radius 2 is 1.83 bits per heavy atom. The lowest BCUT2D eigenvalue weighted by Gasteiger charge is -2.22. The highest BCUT2D eigenvalue weighted by Crippen LogP contribution is 2.24. The third-order valence-corrected chi connectivity index (χ3v) is 3.72. The van der Waals surface area contributed by atoms with E-state index in [0.717, 1.165) is 11.3 Å². The van der Waals surface area contributed by atoms with Gasteiger partial charge in [0.25, 0.3) is 5.91 Å². The summed E-state index contributed by atoms with van der Waals surface area (Å²) in [6.45, 7) is 3.75. The number of methoxy groups -OCH3 is 1. The van der Waals surface area contributed by atoms with Crippen LogP contribution in [0.4, 0.5) is 4.39 Å². The molecule has 5 heteroatoms. The number of ether oxygens (including phenoxy) is 2. The van der Waals surface area contributed by atoms with Crippen LogP contribution >= 0.6 is 0 Å². The Hall–Kier alpha value is -2.56. The van der Waals surface area contributed by atoms with Gasteiger partial charge in [0.05, 0.1) is 13.2 Å². The van der Waals surface area contributed by atoms with Crippen molar-refractivity contribution in [1.82, 2.24) is 5.32 Å². The molecule has 2 atom stereocenters. The Balaban J connectivity index is 2.04. The van der Waals surface area contributed by atoms with Gasteiger partial charge in [-0.1, -0.05) is 25.1 Å². The summed E-state index contributed by atoms with van der Waals surface area (Å²) in [6.07, 6.45) is -0.144. The van der Waals surface area contributed by atoms with Crippen molar-refractivity contribution in [2.75, 3.05) is 7.11 Å². The van der Waals surface area contributed by atoms with Crippen LogP contribution in [0, 0.1) is 5.82 Å². The molecule has 0 aliphatic heterocycles. The minimum absolute atomic E-state index is 0.222. The molecule has 0 saturated carbocycles. The third-order valence-electron chi connectivity index (χ3n) is 3.72. The maximum atomic E-state index is 12.9. The van der Waals surface area contributed by atoms with E-state index < -0.39 is 6.10 Å². The molecule has 4 nitrogen and oxygen atoms in total. The maximum Gasteiger partial charge on any atom is 0.261 e. The maximum absolute atomic E-state index is 12.9. The van der Waals surface area contributed by atoms with Crippen LogP contribution in [-0.2, 0) is 4.79 Å². The van der Waals surface area contributed by atoms with E-state index in [2.05, 4.69) is 5.32 Å². The van der Waals surface area contributed by atoms with Crippen molar-refractivity contribution in [2.45, 2.75) is 32.4 Å². The Bertz CT molecular complexity index is 673. The van der Waals surface area contributed by atoms with Crippen LogP contribution in [0.25, 0.3) is 0 Å². The lowest BCUT2D eigenvalue weighted by Crippen LogP contribution is -2.39. The average Bonchev–Trinajstić information content (AvgIpc) is 2.60. The summed E-state index contributed by atoms with van der Waals surface area (Å²) in [7, 11) is 1.60. The van der Waals surface area contributed by atoms with E-state index in [0.29, 0.717) is 12.2 Å². The summed E-state index contributed by atoms with van der Waals surface area (Å²) >= 11 is 0. The number of amides is 1. The fourth-order valence-corrected chi connectivity index (χ4v) is 2.41. The first kappa shape index (κ1) is 17.8. The van der Waals surface area contributed by atoms with Gasteiger partial charge in [-0.15, -0.1) is 0 Å². The number of benzene rings is 2. The highest BCUT2D eigenvalue weighted by molar-refractivity contribution is 5.81. The first-order valence-electron chi connectivity index (χ1n) is 7.90. The van der Waals surface area contributed by atoms with Crippen LogP contribution < -0.4 is 14.8 Å². The number of nitrogens with one attached hydrogen (secondary N) is 1. The quantitative estimate of drug-likeness (QED) is 0.838. The summed E-state index contributed by atoms with van der Waals surface area (Å²) < 4.78 is 23.9. The lowest BCUT2D eigenvalue weighted by molar-refractivity contribution is -0.128. The number of carbonyl (C=O) groups excluding carboxylic acids is 1. The fourth-order valence-electron chi connectivity index (χ4n) is 2.41. The van der Waals surface area contributed by atoms with Crippen LogP contribution in [0.2, 0.25) is 0 Å². The Morgan fingerprint density at radius 1 is 1.17 bits per heavy atom. The van der Waals surface area contributed by atoms with Crippen molar-refractivity contribution < 1.29 is 18.7 Å². The van der Waals surface area contributed by atoms with Crippen LogP contribution in [0.5, 0.6) is 11.5 Å². The van der Waals surface area contributed by atoms with Gasteiger partial charge in [-0.2, -0.15) is 0 Å². The zero-order valence-electron chi connectivity index (χ0n) is 14.1. The van der Waals surface area contributed by atoms with E-state index in [9.17, 15) is 9.18 Å². The summed E-state index contributed by atoms with van der Waals surface area (Å²) in [5, 5.41) is 2.94. The zero-order valence-corrected chi connectivity index (χ0v) is 14.1. The Labute approximate surface area is 141 Å². The SMILES string of the molecule is CC[C@@H](Oc1ccc(F)cc1)C(=O)N[C@@H](C)c1ccccc1OC. The van der Waals surface area contributed by atoms with Crippen molar-refractivity contribution in [3.05, 3.63) is 59.9 Å². The molecule has 0 radical (unpaired) electrons. The molecule has 0 saturated heterocycles. The molecular weight excluding hydrogens is 309 g/mol. The molecule has 2 aromatic carbocycles. The van der Waals surface area contributed by atoms with Gasteiger partial charge in [-0.05, 0) is 43.7 Å². The Morgan fingerprint density at radius 3 is 2.46 bits per heavy atom. The van der Waals surface area contributed by atoms with Gasteiger partial charge in [-0.3, -0.25) is 4.79 Å². The topological polar surface area (TPSA) is 47.6 Å². The van der Waals surface area contributed by atoms with Gasteiger partial charge >= 0.3 is 0 Å². The number of halogens is 1. The van der Waals surface area contributed by atoms with Crippen LogP contribution in [0.3, 0.4) is 0 Å². The summed E-state index contributed by atoms with van der Waals surface area (Å²) in [5.74, 6) is 0.617. The monoisotopic (exact) mass is 331 g/mol. The van der Waals surface area contributed by atoms with E-state index in [-0.39, 0.29) is 17.8 Å². The molecule has 1 amide bonds. The number of hydrogen-bond donors (Lipinski definition) is 1. The van der Waals surface area contributed by atoms with Crippen molar-refractivity contribution in [3.63, 3.8) is 0 Å². The highest BCUT2D eigenvalue weighted by Gasteiger charge is 2.22. The predicted octanol–water partition coefficient (Wildman–Crippen LogP) is 3.87. The summed E-state index contributed by atoms with van der Waals surface area (Å²) in [4.78, 5) is 12.5. The number of rotatable bonds is 7. The molecule has 0 heterocycles. The molecule has 128 valence electrons. The number of para-hydroxylation sites is 1. The van der Waals surface area contributed by atoms with Gasteiger partial charge in [0, 0.05) is 5.56 Å². The smallest absolute Gasteiger partial charge is 0.261 e. The minimum atomic E-state index is -0.646. The molecule has 2 rings (SSSR count). The van der Waals surface area contributed by atoms with Crippen LogP contribution in [-0.4, -0.2) is 19.1 Å². The van der Waals surface area contributed by atoms with E-state index in [1.807, 2.05) is 38.1 Å². The van der Waals surface area contributed by atoms with E-state index >= 15 is 0 Å². The molecule has 0 aliphatic carbocycles. The zero-order chi connectivity index (χ0) is 17.5. The second-order valence-corrected chi connectivity index (χ2v) is 5.44. The first-order valence-corrected chi connectivity index (χ1v) is 7.90. The number of hydrogen-bond acceptors (Lipinski definition) is 3. The minimum Gasteiger partial charge on any atom is -0.496 e. The van der Waals surface area contributed by atoms with Crippen molar-refractivity contribution >= 4 is 5.91 Å². The second kappa shape index (κ2) is 8.34. The van der Waals surface area contributed by atoms with Gasteiger partial charge < -0.3 is 14.8 Å². The molecule has 2 aromatic rings. The summed E-state index contributed by atoms with van der Waals surface area (Å²) in [5.41, 5.74) is 0.894. The van der Waals surface area contributed by atoms with Crippen molar-refractivity contribution in [2.24, 2.45) is 0 Å². The van der Waals surface area contributed by atoms with Gasteiger partial charge in [0.15, 0.2) is 6.10 Å². The number of carbonyl (C=O) groups is 1. The van der Waals surface area contributed by atoms with Crippen molar-refractivity contribution in [3.8, 4) is 11.5 Å². The van der Waals surface area contributed by atoms with Gasteiger partial charge in [-0.25, -0.2) is 4.39 Å². The summed E-state index contributed by atoms with van der Waals surface area (Å²) in [6, 6.07) is 12.9. The largest absolute Gasteiger partial charge is 0.496 e. The average molecular weight is 331 g/mol. The standard InChI is InChI=1S/C19H22FNO3/c1-4-17(24-15-11-9-14(20)10-12-15)19(22)21-13(2)16-7-5-6-8-18(16)23-3/h5-13,17H,4H2,1-3H3,(H,21,22)/t13-,17+/m0/s1. The molecule has 0 aliphatic rings. The third kappa shape index (κ3) is 4.47. The molecule has 0 aromatic heterocycles. The molecule has 0 fully saturated rings. The van der Waals surface area contributed by atoms with Gasteiger partial charge in [0.1, 0.15) is 17.3 Å². The molecular formula is C19H22FNO3. The van der Waals surface area contributed by atoms with E-state index in [4.69, 9.17) is 9.47 Å². The van der Waals surface area contributed by atoms with Gasteiger partial charge in [0.2, 0.25) is 0 Å².